The molecule has 11 heteroatoms. The van der Waals surface area contributed by atoms with Crippen molar-refractivity contribution in [2.45, 2.75) is 26.3 Å². The zero-order valence-corrected chi connectivity index (χ0v) is 17.4. The molecule has 0 bridgehead atoms. The number of rotatable bonds is 8. The number of hydrogen-bond acceptors (Lipinski definition) is 10. The average Bonchev–Trinajstić information content (AvgIpc) is 3.08. The fraction of sp³-hybridized carbons (Fsp3) is 0.350. The van der Waals surface area contributed by atoms with Gasteiger partial charge in [-0.25, -0.2) is 9.59 Å². The fourth-order valence-corrected chi connectivity index (χ4v) is 2.94. The molecular weight excluding hydrogens is 406 g/mol. The van der Waals surface area contributed by atoms with Crippen LogP contribution in [0.4, 0.5) is 5.82 Å². The van der Waals surface area contributed by atoms with Crippen molar-refractivity contribution in [2.24, 2.45) is 0 Å². The fourth-order valence-electron chi connectivity index (χ4n) is 2.94. The van der Waals surface area contributed by atoms with Crippen LogP contribution in [0, 0.1) is 0 Å². The number of unbranched alkanes of at least 4 members (excludes halogenated alkanes) is 1. The van der Waals surface area contributed by atoms with Gasteiger partial charge in [-0.3, -0.25) is 4.57 Å². The van der Waals surface area contributed by atoms with Gasteiger partial charge >= 0.3 is 17.9 Å². The summed E-state index contributed by atoms with van der Waals surface area (Å²) in [5.74, 6) is -1.18. The Morgan fingerprint density at radius 2 is 1.71 bits per heavy atom. The van der Waals surface area contributed by atoms with Gasteiger partial charge in [0.15, 0.2) is 17.0 Å². The van der Waals surface area contributed by atoms with E-state index in [1.807, 2.05) is 6.92 Å². The number of esters is 2. The van der Waals surface area contributed by atoms with Crippen molar-refractivity contribution in [1.82, 2.24) is 19.5 Å². The SMILES string of the molecule is CCCCOc1nc(N)c2nc(O)n(Cc3cc(C(=O)OC)cc(C(=O)OC)c3)c2n1. The second-order valence-corrected chi connectivity index (χ2v) is 6.67. The summed E-state index contributed by atoms with van der Waals surface area (Å²) in [6.07, 6.45) is 1.76. The van der Waals surface area contributed by atoms with E-state index in [4.69, 9.17) is 19.9 Å². The Kier molecular flexibility index (Phi) is 6.53. The summed E-state index contributed by atoms with van der Waals surface area (Å²) in [5.41, 5.74) is 7.23. The Labute approximate surface area is 177 Å². The number of hydrogen-bond donors (Lipinski definition) is 2. The third-order valence-corrected chi connectivity index (χ3v) is 4.49. The Bertz CT molecular complexity index is 1090. The molecule has 0 radical (unpaired) electrons. The number of fused-ring (bicyclic) bond motifs is 1. The molecule has 0 unspecified atom stereocenters. The van der Waals surface area contributed by atoms with E-state index in [-0.39, 0.29) is 46.7 Å². The number of nitrogens with zero attached hydrogens (tertiary/aromatic N) is 4. The number of anilines is 1. The van der Waals surface area contributed by atoms with Crippen molar-refractivity contribution in [3.05, 3.63) is 34.9 Å². The summed E-state index contributed by atoms with van der Waals surface area (Å²) < 4.78 is 16.4. The molecule has 31 heavy (non-hydrogen) atoms. The molecule has 11 nitrogen and oxygen atoms in total. The van der Waals surface area contributed by atoms with Gasteiger partial charge in [0, 0.05) is 0 Å². The van der Waals surface area contributed by atoms with E-state index in [1.165, 1.54) is 37.0 Å². The number of nitrogen functional groups attached to an aromatic ring is 1. The molecule has 0 spiro atoms. The summed E-state index contributed by atoms with van der Waals surface area (Å²) in [7, 11) is 2.48. The molecule has 2 aromatic heterocycles. The van der Waals surface area contributed by atoms with Gasteiger partial charge in [-0.1, -0.05) is 13.3 Å². The van der Waals surface area contributed by atoms with Crippen LogP contribution in [0.3, 0.4) is 0 Å². The lowest BCUT2D eigenvalue weighted by Gasteiger charge is -2.10. The average molecular weight is 429 g/mol. The lowest BCUT2D eigenvalue weighted by atomic mass is 10.1. The Morgan fingerprint density at radius 3 is 2.29 bits per heavy atom. The monoisotopic (exact) mass is 429 g/mol. The molecule has 2 heterocycles. The van der Waals surface area contributed by atoms with Crippen LogP contribution in [-0.2, 0) is 16.0 Å². The minimum atomic E-state index is -0.620. The third-order valence-electron chi connectivity index (χ3n) is 4.49. The van der Waals surface area contributed by atoms with Crippen LogP contribution in [0.25, 0.3) is 11.2 Å². The van der Waals surface area contributed by atoms with Crippen molar-refractivity contribution < 1.29 is 28.9 Å². The number of methoxy groups -OCH3 is 2. The van der Waals surface area contributed by atoms with E-state index in [0.717, 1.165) is 12.8 Å². The van der Waals surface area contributed by atoms with Gasteiger partial charge in [0.2, 0.25) is 0 Å². The number of nitrogens with two attached hydrogens (primary N) is 1. The predicted octanol–water partition coefficient (Wildman–Crippen LogP) is 1.91. The smallest absolute Gasteiger partial charge is 0.337 e. The van der Waals surface area contributed by atoms with Crippen LogP contribution in [0.2, 0.25) is 0 Å². The summed E-state index contributed by atoms with van der Waals surface area (Å²) in [6, 6.07) is 4.15. The molecule has 0 atom stereocenters. The number of imidazole rings is 1. The van der Waals surface area contributed by atoms with Crippen molar-refractivity contribution >= 4 is 28.9 Å². The first-order valence-corrected chi connectivity index (χ1v) is 9.54. The van der Waals surface area contributed by atoms with E-state index in [2.05, 4.69) is 15.0 Å². The highest BCUT2D eigenvalue weighted by Gasteiger charge is 2.19. The first-order chi connectivity index (χ1) is 14.9. The molecule has 0 fully saturated rings. The minimum Gasteiger partial charge on any atom is -0.480 e. The van der Waals surface area contributed by atoms with Crippen molar-refractivity contribution in [3.8, 4) is 12.0 Å². The van der Waals surface area contributed by atoms with E-state index in [9.17, 15) is 14.7 Å². The highest BCUT2D eigenvalue weighted by atomic mass is 16.5. The molecule has 164 valence electrons. The molecule has 3 N–H and O–H groups in total. The highest BCUT2D eigenvalue weighted by molar-refractivity contribution is 5.95. The summed E-state index contributed by atoms with van der Waals surface area (Å²) in [6.45, 7) is 2.48. The molecule has 0 amide bonds. The number of ether oxygens (including phenoxy) is 3. The largest absolute Gasteiger partial charge is 0.480 e. The lowest BCUT2D eigenvalue weighted by Crippen LogP contribution is -2.10. The molecule has 1 aromatic carbocycles. The molecule has 0 aliphatic heterocycles. The Morgan fingerprint density at radius 1 is 1.06 bits per heavy atom. The Balaban J connectivity index is 2.05. The van der Waals surface area contributed by atoms with Gasteiger partial charge in [0.25, 0.3) is 6.01 Å². The highest BCUT2D eigenvalue weighted by Crippen LogP contribution is 2.26. The molecular formula is C20H23N5O6. The van der Waals surface area contributed by atoms with Gasteiger partial charge in [-0.15, -0.1) is 0 Å². The van der Waals surface area contributed by atoms with Gasteiger partial charge in [-0.2, -0.15) is 15.0 Å². The molecule has 3 aromatic rings. The number of aromatic nitrogens is 4. The van der Waals surface area contributed by atoms with Gasteiger partial charge in [0.1, 0.15) is 0 Å². The van der Waals surface area contributed by atoms with E-state index in [1.54, 1.807) is 0 Å². The van der Waals surface area contributed by atoms with Gasteiger partial charge in [-0.05, 0) is 30.2 Å². The minimum absolute atomic E-state index is 0.0298. The maximum atomic E-state index is 12.0. The van der Waals surface area contributed by atoms with Crippen LogP contribution >= 0.6 is 0 Å². The van der Waals surface area contributed by atoms with Crippen molar-refractivity contribution in [1.29, 1.82) is 0 Å². The number of carbonyl (C=O) groups is 2. The topological polar surface area (TPSA) is 152 Å². The second kappa shape index (κ2) is 9.28. The second-order valence-electron chi connectivity index (χ2n) is 6.67. The number of carbonyl (C=O) groups excluding carboxylic acids is 2. The number of benzene rings is 1. The van der Waals surface area contributed by atoms with E-state index >= 15 is 0 Å². The first-order valence-electron chi connectivity index (χ1n) is 9.54. The maximum Gasteiger partial charge on any atom is 0.337 e. The van der Waals surface area contributed by atoms with Crippen LogP contribution in [0.15, 0.2) is 18.2 Å². The normalized spacial score (nSPS) is 10.8. The predicted molar refractivity (Wildman–Crippen MR) is 110 cm³/mol. The Hall–Kier alpha value is -3.89. The lowest BCUT2D eigenvalue weighted by molar-refractivity contribution is 0.0599. The van der Waals surface area contributed by atoms with Crippen LogP contribution < -0.4 is 10.5 Å². The molecule has 3 rings (SSSR count). The van der Waals surface area contributed by atoms with Crippen molar-refractivity contribution in [3.63, 3.8) is 0 Å². The standard InChI is InChI=1S/C20H23N5O6/c1-4-5-6-31-19-23-15(21)14-16(24-19)25(20(28)22-14)10-11-7-12(17(26)29-2)9-13(8-11)18(27)30-3/h7-9H,4-6,10H2,1-3H3,(H,22,28)(H2,21,23,24). The van der Waals surface area contributed by atoms with Gasteiger partial charge in [0.05, 0.1) is 38.5 Å². The van der Waals surface area contributed by atoms with E-state index in [0.29, 0.717) is 12.2 Å². The first kappa shape index (κ1) is 21.8. The van der Waals surface area contributed by atoms with Crippen LogP contribution in [0.1, 0.15) is 46.0 Å². The summed E-state index contributed by atoms with van der Waals surface area (Å²) in [5, 5.41) is 10.4. The van der Waals surface area contributed by atoms with Crippen LogP contribution in [-0.4, -0.2) is 57.4 Å². The molecule has 0 saturated heterocycles. The summed E-state index contributed by atoms with van der Waals surface area (Å²) in [4.78, 5) is 36.5. The molecule has 0 aliphatic rings. The quantitative estimate of drug-likeness (QED) is 0.401. The van der Waals surface area contributed by atoms with E-state index < -0.39 is 11.9 Å². The zero-order valence-electron chi connectivity index (χ0n) is 17.4. The molecule has 0 saturated carbocycles. The zero-order chi connectivity index (χ0) is 22.5. The van der Waals surface area contributed by atoms with Crippen LogP contribution in [0.5, 0.6) is 12.0 Å². The maximum absolute atomic E-state index is 12.0. The van der Waals surface area contributed by atoms with Gasteiger partial charge < -0.3 is 25.1 Å². The summed E-state index contributed by atoms with van der Waals surface area (Å²) >= 11 is 0. The third kappa shape index (κ3) is 4.65. The molecule has 0 aliphatic carbocycles. The van der Waals surface area contributed by atoms with Crippen molar-refractivity contribution in [2.75, 3.05) is 26.6 Å². The number of aromatic hydroxyl groups is 1.